The van der Waals surface area contributed by atoms with Crippen molar-refractivity contribution in [3.05, 3.63) is 22.1 Å². The fourth-order valence-electron chi connectivity index (χ4n) is 0.927. The quantitative estimate of drug-likeness (QED) is 0.436. The third-order valence-electron chi connectivity index (χ3n) is 1.51. The number of aromatic nitrogens is 2. The van der Waals surface area contributed by atoms with Crippen molar-refractivity contribution in [2.24, 2.45) is 0 Å². The molecule has 0 atom stereocenters. The number of imidazole rings is 1. The lowest BCUT2D eigenvalue weighted by Gasteiger charge is -2.02. The molecule has 0 fully saturated rings. The fraction of sp³-hybridized carbons (Fsp3) is 0.333. The van der Waals surface area contributed by atoms with Gasteiger partial charge in [-0.1, -0.05) is 0 Å². The van der Waals surface area contributed by atoms with E-state index in [-0.39, 0.29) is 11.6 Å². The smallest absolute Gasteiger partial charge is 0.343 e. The summed E-state index contributed by atoms with van der Waals surface area (Å²) in [6.07, 6.45) is 1.01. The zero-order valence-electron chi connectivity index (χ0n) is 6.76. The van der Waals surface area contributed by atoms with Crippen molar-refractivity contribution in [3.63, 3.8) is 0 Å². The summed E-state index contributed by atoms with van der Waals surface area (Å²) in [6.45, 7) is 0.929. The summed E-state index contributed by atoms with van der Waals surface area (Å²) in [5.41, 5.74) is 0. The molecule has 0 unspecified atom stereocenters. The zero-order chi connectivity index (χ0) is 10.0. The molecule has 0 radical (unpaired) electrons. The molecular weight excluding hydrogens is 178 g/mol. The molecule has 0 saturated heterocycles. The molecule has 0 bridgehead atoms. The van der Waals surface area contributed by atoms with Crippen LogP contribution in [0.25, 0.3) is 0 Å². The second-order valence-electron chi connectivity index (χ2n) is 2.38. The van der Waals surface area contributed by atoms with E-state index < -0.39 is 17.4 Å². The van der Waals surface area contributed by atoms with Gasteiger partial charge < -0.3 is 20.0 Å². The number of hydrogen-bond donors (Lipinski definition) is 0. The number of rotatable bonds is 3. The van der Waals surface area contributed by atoms with Crippen molar-refractivity contribution in [1.29, 1.82) is 0 Å². The zero-order valence-corrected chi connectivity index (χ0v) is 6.76. The van der Waals surface area contributed by atoms with Gasteiger partial charge in [0.2, 0.25) is 0 Å². The molecular formula is C6H6N3O4-. The van der Waals surface area contributed by atoms with Crippen molar-refractivity contribution in [1.82, 2.24) is 9.55 Å². The van der Waals surface area contributed by atoms with Gasteiger partial charge in [-0.2, -0.15) is 0 Å². The molecule has 0 N–H and O–H groups in total. The first-order chi connectivity index (χ1) is 6.02. The van der Waals surface area contributed by atoms with E-state index in [1.807, 2.05) is 0 Å². The molecule has 0 spiro atoms. The highest BCUT2D eigenvalue weighted by atomic mass is 16.6. The number of nitrogens with zero attached hydrogens (tertiary/aromatic N) is 3. The molecule has 0 amide bonds. The van der Waals surface area contributed by atoms with E-state index in [0.717, 1.165) is 10.8 Å². The van der Waals surface area contributed by atoms with Gasteiger partial charge in [-0.25, -0.2) is 9.55 Å². The summed E-state index contributed by atoms with van der Waals surface area (Å²) in [5.74, 6) is -1.46. The van der Waals surface area contributed by atoms with E-state index in [0.29, 0.717) is 0 Å². The Morgan fingerprint density at radius 2 is 2.38 bits per heavy atom. The molecule has 0 aliphatic carbocycles. The minimum atomic E-state index is -1.38. The molecule has 7 heteroatoms. The summed E-state index contributed by atoms with van der Waals surface area (Å²) in [7, 11) is 0. The predicted octanol–water partition coefficient (Wildman–Crippen LogP) is -1.15. The number of carboxylic acid groups (broad SMARTS) is 1. The van der Waals surface area contributed by atoms with Crippen molar-refractivity contribution < 1.29 is 14.8 Å². The minimum Gasteiger partial charge on any atom is -0.546 e. The first-order valence-corrected chi connectivity index (χ1v) is 3.38. The first-order valence-electron chi connectivity index (χ1n) is 3.38. The third-order valence-corrected chi connectivity index (χ3v) is 1.51. The number of carboxylic acids is 1. The largest absolute Gasteiger partial charge is 0.546 e. The molecule has 1 rings (SSSR count). The van der Waals surface area contributed by atoms with E-state index >= 15 is 0 Å². The Morgan fingerprint density at radius 3 is 2.85 bits per heavy atom. The van der Waals surface area contributed by atoms with Gasteiger partial charge in [-0.3, -0.25) is 0 Å². The Morgan fingerprint density at radius 1 is 1.77 bits per heavy atom. The van der Waals surface area contributed by atoms with Crippen LogP contribution in [0.5, 0.6) is 0 Å². The van der Waals surface area contributed by atoms with Crippen LogP contribution in [0.4, 0.5) is 5.82 Å². The highest BCUT2D eigenvalue weighted by Gasteiger charge is 2.16. The molecule has 1 heterocycles. The summed E-state index contributed by atoms with van der Waals surface area (Å²) in [5, 5.41) is 20.6. The number of carbonyl (C=O) groups is 1. The SMILES string of the molecule is Cc1ncc([N+](=O)[O-])n1CC(=O)[O-]. The number of carbonyl (C=O) groups excluding carboxylic acids is 1. The summed E-state index contributed by atoms with van der Waals surface area (Å²) < 4.78 is 0.968. The maximum Gasteiger partial charge on any atom is 0.343 e. The number of hydrogen-bond acceptors (Lipinski definition) is 5. The lowest BCUT2D eigenvalue weighted by atomic mass is 10.5. The Balaban J connectivity index is 3.08. The van der Waals surface area contributed by atoms with E-state index in [1.165, 1.54) is 6.92 Å². The average Bonchev–Trinajstić information content (AvgIpc) is 2.32. The van der Waals surface area contributed by atoms with Gasteiger partial charge in [-0.15, -0.1) is 0 Å². The van der Waals surface area contributed by atoms with Gasteiger partial charge in [0, 0.05) is 6.92 Å². The molecule has 13 heavy (non-hydrogen) atoms. The van der Waals surface area contributed by atoms with E-state index in [9.17, 15) is 20.0 Å². The monoisotopic (exact) mass is 184 g/mol. The summed E-state index contributed by atoms with van der Waals surface area (Å²) >= 11 is 0. The van der Waals surface area contributed by atoms with E-state index in [4.69, 9.17) is 0 Å². The van der Waals surface area contributed by atoms with Crippen molar-refractivity contribution in [2.75, 3.05) is 0 Å². The molecule has 1 aromatic heterocycles. The molecule has 0 aromatic carbocycles. The normalized spacial score (nSPS) is 9.92. The topological polar surface area (TPSA) is 101 Å². The van der Waals surface area contributed by atoms with Crippen molar-refractivity contribution in [3.8, 4) is 0 Å². The van der Waals surface area contributed by atoms with Crippen LogP contribution in [0.1, 0.15) is 5.82 Å². The molecule has 1 aromatic rings. The van der Waals surface area contributed by atoms with Gasteiger partial charge in [0.05, 0.1) is 5.97 Å². The van der Waals surface area contributed by atoms with Crippen LogP contribution in [-0.4, -0.2) is 20.4 Å². The summed E-state index contributed by atoms with van der Waals surface area (Å²) in [4.78, 5) is 23.5. The molecule has 0 saturated carbocycles. The fourth-order valence-corrected chi connectivity index (χ4v) is 0.927. The lowest BCUT2D eigenvalue weighted by molar-refractivity contribution is -0.392. The van der Waals surface area contributed by atoms with Gasteiger partial charge >= 0.3 is 5.82 Å². The van der Waals surface area contributed by atoms with Crippen molar-refractivity contribution in [2.45, 2.75) is 13.5 Å². The van der Waals surface area contributed by atoms with Crippen LogP contribution < -0.4 is 5.11 Å². The molecule has 70 valence electrons. The van der Waals surface area contributed by atoms with Crippen LogP contribution >= 0.6 is 0 Å². The minimum absolute atomic E-state index is 0.274. The molecule has 0 aliphatic heterocycles. The number of aryl methyl sites for hydroxylation is 1. The van der Waals surface area contributed by atoms with Gasteiger partial charge in [-0.05, 0) is 4.92 Å². The lowest BCUT2D eigenvalue weighted by Crippen LogP contribution is -2.28. The Bertz CT molecular complexity index is 357. The number of nitro groups is 1. The average molecular weight is 184 g/mol. The summed E-state index contributed by atoms with van der Waals surface area (Å²) in [6, 6.07) is 0. The van der Waals surface area contributed by atoms with Crippen molar-refractivity contribution >= 4 is 11.8 Å². The third kappa shape index (κ3) is 1.81. The molecule has 7 nitrogen and oxygen atoms in total. The maximum absolute atomic E-state index is 10.3. The van der Waals surface area contributed by atoms with Crippen LogP contribution in [0.2, 0.25) is 0 Å². The Kier molecular flexibility index (Phi) is 2.27. The van der Waals surface area contributed by atoms with Crippen LogP contribution in [0.15, 0.2) is 6.20 Å². The highest BCUT2D eigenvalue weighted by molar-refractivity contribution is 5.64. The second kappa shape index (κ2) is 3.21. The molecule has 0 aliphatic rings. The maximum atomic E-state index is 10.3. The van der Waals surface area contributed by atoms with E-state index in [1.54, 1.807) is 0 Å². The van der Waals surface area contributed by atoms with Gasteiger partial charge in [0.1, 0.15) is 12.7 Å². The van der Waals surface area contributed by atoms with Gasteiger partial charge in [0.15, 0.2) is 5.82 Å². The predicted molar refractivity (Wildman–Crippen MR) is 38.6 cm³/mol. The van der Waals surface area contributed by atoms with Crippen LogP contribution in [0, 0.1) is 17.0 Å². The van der Waals surface area contributed by atoms with Crippen LogP contribution in [0.3, 0.4) is 0 Å². The standard InChI is InChI=1S/C6H7N3O4/c1-4-7-2-5(9(12)13)8(4)3-6(10)11/h2H,3H2,1H3,(H,10,11)/p-1. The van der Waals surface area contributed by atoms with Crippen LogP contribution in [-0.2, 0) is 11.3 Å². The van der Waals surface area contributed by atoms with Gasteiger partial charge in [0.25, 0.3) is 0 Å². The highest BCUT2D eigenvalue weighted by Crippen LogP contribution is 2.12. The Hall–Kier alpha value is -1.92. The first kappa shape index (κ1) is 9.17. The second-order valence-corrected chi connectivity index (χ2v) is 2.38. The van der Waals surface area contributed by atoms with E-state index in [2.05, 4.69) is 4.98 Å². The number of aliphatic carboxylic acids is 1. The Labute approximate surface area is 72.8 Å².